The van der Waals surface area contributed by atoms with Gasteiger partial charge in [-0.05, 0) is 18.9 Å². The molecule has 20 heavy (non-hydrogen) atoms. The van der Waals surface area contributed by atoms with Crippen LogP contribution >= 0.6 is 11.3 Å². The molecule has 0 bridgehead atoms. The van der Waals surface area contributed by atoms with E-state index in [4.69, 9.17) is 4.74 Å². The molecule has 1 aliphatic heterocycles. The van der Waals surface area contributed by atoms with Crippen molar-refractivity contribution in [1.29, 1.82) is 0 Å². The van der Waals surface area contributed by atoms with Crippen LogP contribution in [0.15, 0.2) is 29.6 Å². The van der Waals surface area contributed by atoms with Gasteiger partial charge in [-0.25, -0.2) is 0 Å². The molecule has 0 saturated carbocycles. The van der Waals surface area contributed by atoms with E-state index in [1.165, 1.54) is 0 Å². The van der Waals surface area contributed by atoms with E-state index in [9.17, 15) is 9.90 Å². The quantitative estimate of drug-likeness (QED) is 0.911. The molecule has 2 N–H and O–H groups in total. The number of amides is 1. The maximum absolute atomic E-state index is 12.5. The summed E-state index contributed by atoms with van der Waals surface area (Å²) in [6, 6.07) is 7.86. The number of carbonyl (C=O) groups is 1. The van der Waals surface area contributed by atoms with Crippen molar-refractivity contribution >= 4 is 27.3 Å². The molecule has 2 heterocycles. The molecule has 0 unspecified atom stereocenters. The third-order valence-electron chi connectivity index (χ3n) is 3.86. The van der Waals surface area contributed by atoms with Crippen molar-refractivity contribution < 1.29 is 14.6 Å². The molecule has 1 aromatic heterocycles. The minimum atomic E-state index is -0.543. The van der Waals surface area contributed by atoms with Gasteiger partial charge in [-0.2, -0.15) is 0 Å². The van der Waals surface area contributed by atoms with Gasteiger partial charge in [-0.3, -0.25) is 4.79 Å². The molecule has 0 radical (unpaired) electrons. The van der Waals surface area contributed by atoms with Crippen LogP contribution in [-0.2, 0) is 4.74 Å². The summed E-state index contributed by atoms with van der Waals surface area (Å²) in [6.07, 6.45) is 1.30. The number of aliphatic hydroxyl groups is 1. The van der Waals surface area contributed by atoms with Crippen LogP contribution in [0.25, 0.3) is 10.1 Å². The number of aliphatic hydroxyl groups excluding tert-OH is 1. The van der Waals surface area contributed by atoms with Crippen LogP contribution in [0.4, 0.5) is 0 Å². The van der Waals surface area contributed by atoms with Crippen molar-refractivity contribution in [3.63, 3.8) is 0 Å². The van der Waals surface area contributed by atoms with E-state index in [0.29, 0.717) is 31.6 Å². The Bertz CT molecular complexity index is 616. The zero-order valence-electron chi connectivity index (χ0n) is 11.1. The molecule has 1 amide bonds. The van der Waals surface area contributed by atoms with E-state index < -0.39 is 5.54 Å². The van der Waals surface area contributed by atoms with E-state index in [-0.39, 0.29) is 12.5 Å². The first-order valence-corrected chi connectivity index (χ1v) is 7.59. The molecule has 0 spiro atoms. The lowest BCUT2D eigenvalue weighted by Crippen LogP contribution is -2.54. The molecule has 0 aliphatic carbocycles. The molecule has 1 fully saturated rings. The van der Waals surface area contributed by atoms with Gasteiger partial charge < -0.3 is 15.2 Å². The molecule has 2 aromatic rings. The Balaban J connectivity index is 1.85. The lowest BCUT2D eigenvalue weighted by molar-refractivity contribution is 0.0126. The summed E-state index contributed by atoms with van der Waals surface area (Å²) in [6.45, 7) is 1.10. The predicted molar refractivity (Wildman–Crippen MR) is 79.2 cm³/mol. The van der Waals surface area contributed by atoms with Gasteiger partial charge >= 0.3 is 0 Å². The highest BCUT2D eigenvalue weighted by molar-refractivity contribution is 7.17. The minimum Gasteiger partial charge on any atom is -0.394 e. The normalized spacial score (nSPS) is 18.1. The van der Waals surface area contributed by atoms with Gasteiger partial charge in [0.25, 0.3) is 5.91 Å². The highest BCUT2D eigenvalue weighted by Crippen LogP contribution is 2.27. The molecule has 3 rings (SSSR count). The molecule has 1 aliphatic rings. The summed E-state index contributed by atoms with van der Waals surface area (Å²) in [5.41, 5.74) is 0.142. The number of hydrogen-bond donors (Lipinski definition) is 2. The fourth-order valence-corrected chi connectivity index (χ4v) is 3.49. The third kappa shape index (κ3) is 2.44. The van der Waals surface area contributed by atoms with Crippen LogP contribution in [0, 0.1) is 0 Å². The van der Waals surface area contributed by atoms with Gasteiger partial charge in [0.15, 0.2) is 0 Å². The van der Waals surface area contributed by atoms with E-state index in [1.807, 2.05) is 29.6 Å². The van der Waals surface area contributed by atoms with E-state index >= 15 is 0 Å². The van der Waals surface area contributed by atoms with Crippen molar-refractivity contribution in [2.75, 3.05) is 19.8 Å². The number of nitrogens with one attached hydrogen (secondary N) is 1. The fourth-order valence-electron chi connectivity index (χ4n) is 2.55. The van der Waals surface area contributed by atoms with Crippen LogP contribution < -0.4 is 5.32 Å². The molecule has 1 saturated heterocycles. The van der Waals surface area contributed by atoms with E-state index in [0.717, 1.165) is 10.1 Å². The standard InChI is InChI=1S/C15H17NO3S/c17-10-15(5-7-19-8-6-15)16-14(18)12-9-20-13-4-2-1-3-11(12)13/h1-4,9,17H,5-8,10H2,(H,16,18). The highest BCUT2D eigenvalue weighted by atomic mass is 32.1. The maximum Gasteiger partial charge on any atom is 0.253 e. The molecule has 5 heteroatoms. The predicted octanol–water partition coefficient (Wildman–Crippen LogP) is 2.17. The van der Waals surface area contributed by atoms with Crippen molar-refractivity contribution in [1.82, 2.24) is 5.32 Å². The summed E-state index contributed by atoms with van der Waals surface area (Å²) in [5, 5.41) is 15.5. The lowest BCUT2D eigenvalue weighted by Gasteiger charge is -2.36. The maximum atomic E-state index is 12.5. The van der Waals surface area contributed by atoms with Crippen LogP contribution in [-0.4, -0.2) is 36.4 Å². The van der Waals surface area contributed by atoms with Gasteiger partial charge in [0.1, 0.15) is 0 Å². The van der Waals surface area contributed by atoms with Gasteiger partial charge in [-0.15, -0.1) is 11.3 Å². The van der Waals surface area contributed by atoms with Crippen LogP contribution in [0.3, 0.4) is 0 Å². The molecule has 4 nitrogen and oxygen atoms in total. The van der Waals surface area contributed by atoms with Gasteiger partial charge in [0, 0.05) is 28.7 Å². The average Bonchev–Trinajstić information content (AvgIpc) is 2.92. The summed E-state index contributed by atoms with van der Waals surface area (Å²) >= 11 is 1.56. The number of thiophene rings is 1. The lowest BCUT2D eigenvalue weighted by atomic mass is 9.90. The first-order chi connectivity index (χ1) is 9.74. The topological polar surface area (TPSA) is 58.6 Å². The number of ether oxygens (including phenoxy) is 1. The van der Waals surface area contributed by atoms with Crippen LogP contribution in [0.2, 0.25) is 0 Å². The van der Waals surface area contributed by atoms with Crippen molar-refractivity contribution in [2.45, 2.75) is 18.4 Å². The molecule has 0 atom stereocenters. The Hall–Kier alpha value is -1.43. The van der Waals surface area contributed by atoms with Crippen LogP contribution in [0.1, 0.15) is 23.2 Å². The van der Waals surface area contributed by atoms with E-state index in [2.05, 4.69) is 5.32 Å². The van der Waals surface area contributed by atoms with Gasteiger partial charge in [-0.1, -0.05) is 18.2 Å². The Morgan fingerprint density at radius 1 is 1.35 bits per heavy atom. The van der Waals surface area contributed by atoms with Crippen molar-refractivity contribution in [2.24, 2.45) is 0 Å². The molecule has 1 aromatic carbocycles. The van der Waals surface area contributed by atoms with Gasteiger partial charge in [0.05, 0.1) is 17.7 Å². The number of rotatable bonds is 3. The third-order valence-corrected chi connectivity index (χ3v) is 4.82. The highest BCUT2D eigenvalue weighted by Gasteiger charge is 2.34. The average molecular weight is 291 g/mol. The van der Waals surface area contributed by atoms with Crippen LogP contribution in [0.5, 0.6) is 0 Å². The Morgan fingerprint density at radius 3 is 2.85 bits per heavy atom. The molecule has 106 valence electrons. The molecular weight excluding hydrogens is 274 g/mol. The first-order valence-electron chi connectivity index (χ1n) is 6.71. The van der Waals surface area contributed by atoms with Gasteiger partial charge in [0.2, 0.25) is 0 Å². The summed E-state index contributed by atoms with van der Waals surface area (Å²) in [5.74, 6) is -0.113. The molecular formula is C15H17NO3S. The Kier molecular flexibility index (Phi) is 3.74. The monoisotopic (exact) mass is 291 g/mol. The van der Waals surface area contributed by atoms with E-state index in [1.54, 1.807) is 11.3 Å². The SMILES string of the molecule is O=C(NC1(CO)CCOCC1)c1csc2ccccc12. The number of benzene rings is 1. The summed E-state index contributed by atoms with van der Waals surface area (Å²) in [7, 11) is 0. The number of carbonyl (C=O) groups excluding carboxylic acids is 1. The fraction of sp³-hybridized carbons (Fsp3) is 0.400. The minimum absolute atomic E-state index is 0.0514. The second-order valence-electron chi connectivity index (χ2n) is 5.15. The summed E-state index contributed by atoms with van der Waals surface area (Å²) in [4.78, 5) is 12.5. The number of hydrogen-bond acceptors (Lipinski definition) is 4. The number of fused-ring (bicyclic) bond motifs is 1. The smallest absolute Gasteiger partial charge is 0.253 e. The van der Waals surface area contributed by atoms with Crippen molar-refractivity contribution in [3.8, 4) is 0 Å². The zero-order valence-corrected chi connectivity index (χ0v) is 11.9. The zero-order chi connectivity index (χ0) is 14.0. The Morgan fingerprint density at radius 2 is 2.10 bits per heavy atom. The largest absolute Gasteiger partial charge is 0.394 e. The second kappa shape index (κ2) is 5.52. The second-order valence-corrected chi connectivity index (χ2v) is 6.06. The van der Waals surface area contributed by atoms with Crippen molar-refractivity contribution in [3.05, 3.63) is 35.2 Å². The Labute approximate surface area is 121 Å². The first kappa shape index (κ1) is 13.5. The summed E-state index contributed by atoms with van der Waals surface area (Å²) < 4.78 is 6.41.